The third-order valence-corrected chi connectivity index (χ3v) is 4.52. The number of halogens is 2. The van der Waals surface area contributed by atoms with E-state index in [0.29, 0.717) is 11.4 Å². The molecule has 7 nitrogen and oxygen atoms in total. The van der Waals surface area contributed by atoms with Gasteiger partial charge in [-0.25, -0.2) is 9.18 Å². The van der Waals surface area contributed by atoms with E-state index in [0.717, 1.165) is 0 Å². The van der Waals surface area contributed by atoms with Gasteiger partial charge in [-0.05, 0) is 43.2 Å². The lowest BCUT2D eigenvalue weighted by molar-refractivity contribution is 0.102. The molecule has 0 radical (unpaired) electrons. The molecule has 0 aliphatic rings. The largest absolute Gasteiger partial charge is 0.449 e. The van der Waals surface area contributed by atoms with Crippen LogP contribution in [0.4, 0.5) is 20.6 Å². The maximum absolute atomic E-state index is 14.4. The predicted octanol–water partition coefficient (Wildman–Crippen LogP) is 5.90. The highest BCUT2D eigenvalue weighted by Gasteiger charge is 2.25. The maximum Gasteiger partial charge on any atom is 0.411 e. The molecule has 0 aliphatic heterocycles. The SMILES string of the molecule is Cc1onc(-c2c(F)cccc2Cl)c1C(=O)Nc1cccc(NC(=O)OCC(C)C)c1. The van der Waals surface area contributed by atoms with E-state index in [2.05, 4.69) is 15.8 Å². The first kappa shape index (κ1) is 22.3. The first-order valence-corrected chi connectivity index (χ1v) is 9.90. The average Bonchev–Trinajstić information content (AvgIpc) is 3.07. The molecule has 3 rings (SSSR count). The second kappa shape index (κ2) is 9.61. The number of carbonyl (C=O) groups excluding carboxylic acids is 2. The van der Waals surface area contributed by atoms with E-state index in [1.165, 1.54) is 18.2 Å². The topological polar surface area (TPSA) is 93.5 Å². The van der Waals surface area contributed by atoms with Crippen LogP contribution in [0.15, 0.2) is 47.0 Å². The molecule has 0 fully saturated rings. The van der Waals surface area contributed by atoms with E-state index in [4.69, 9.17) is 20.9 Å². The number of aryl methyl sites for hydroxylation is 1. The Morgan fingerprint density at radius 1 is 1.16 bits per heavy atom. The van der Waals surface area contributed by atoms with E-state index in [9.17, 15) is 14.0 Å². The number of hydrogen-bond donors (Lipinski definition) is 2. The summed E-state index contributed by atoms with van der Waals surface area (Å²) in [5.41, 5.74) is 0.879. The van der Waals surface area contributed by atoms with E-state index in [-0.39, 0.29) is 40.1 Å². The minimum Gasteiger partial charge on any atom is -0.449 e. The van der Waals surface area contributed by atoms with Gasteiger partial charge in [-0.15, -0.1) is 0 Å². The molecule has 0 unspecified atom stereocenters. The van der Waals surface area contributed by atoms with Crippen LogP contribution in [0.2, 0.25) is 5.02 Å². The summed E-state index contributed by atoms with van der Waals surface area (Å²) in [6, 6.07) is 10.7. The van der Waals surface area contributed by atoms with Gasteiger partial charge < -0.3 is 14.6 Å². The lowest BCUT2D eigenvalue weighted by Gasteiger charge is -2.11. The Kier molecular flexibility index (Phi) is 6.91. The molecule has 0 saturated carbocycles. The van der Waals surface area contributed by atoms with Crippen molar-refractivity contribution in [2.24, 2.45) is 5.92 Å². The number of nitrogens with one attached hydrogen (secondary N) is 2. The summed E-state index contributed by atoms with van der Waals surface area (Å²) in [6.07, 6.45) is -0.594. The number of rotatable bonds is 6. The molecular formula is C22H21ClFN3O4. The Labute approximate surface area is 183 Å². The highest BCUT2D eigenvalue weighted by Crippen LogP contribution is 2.33. The van der Waals surface area contributed by atoms with Crippen LogP contribution in [-0.2, 0) is 4.74 Å². The molecule has 3 aromatic rings. The summed E-state index contributed by atoms with van der Waals surface area (Å²) >= 11 is 6.12. The molecule has 9 heteroatoms. The minimum atomic E-state index is -0.624. The number of ether oxygens (including phenoxy) is 1. The molecule has 0 spiro atoms. The molecule has 2 amide bonds. The van der Waals surface area contributed by atoms with Gasteiger partial charge in [-0.1, -0.05) is 42.7 Å². The first-order valence-electron chi connectivity index (χ1n) is 9.52. The number of nitrogens with zero attached hydrogens (tertiary/aromatic N) is 1. The Bertz CT molecular complexity index is 1090. The van der Waals surface area contributed by atoms with Crippen LogP contribution in [0, 0.1) is 18.7 Å². The third kappa shape index (κ3) is 5.40. The summed E-state index contributed by atoms with van der Waals surface area (Å²) in [5.74, 6) is -0.771. The fraction of sp³-hybridized carbons (Fsp3) is 0.227. The van der Waals surface area contributed by atoms with E-state index < -0.39 is 17.8 Å². The summed E-state index contributed by atoms with van der Waals surface area (Å²) < 4.78 is 24.6. The van der Waals surface area contributed by atoms with Crippen molar-refractivity contribution >= 4 is 35.0 Å². The molecule has 0 bridgehead atoms. The van der Waals surface area contributed by atoms with Crippen LogP contribution >= 0.6 is 11.6 Å². The van der Waals surface area contributed by atoms with Crippen molar-refractivity contribution in [3.05, 3.63) is 64.6 Å². The first-order chi connectivity index (χ1) is 14.8. The van der Waals surface area contributed by atoms with E-state index in [1.54, 1.807) is 31.2 Å². The van der Waals surface area contributed by atoms with Gasteiger partial charge in [0.1, 0.15) is 22.8 Å². The van der Waals surface area contributed by atoms with Gasteiger partial charge in [-0.2, -0.15) is 0 Å². The van der Waals surface area contributed by atoms with Gasteiger partial charge >= 0.3 is 6.09 Å². The van der Waals surface area contributed by atoms with E-state index >= 15 is 0 Å². The van der Waals surface area contributed by atoms with Crippen molar-refractivity contribution in [3.8, 4) is 11.3 Å². The lowest BCUT2D eigenvalue weighted by atomic mass is 10.0. The van der Waals surface area contributed by atoms with Gasteiger partial charge in [0, 0.05) is 11.4 Å². The number of amides is 2. The van der Waals surface area contributed by atoms with Crippen molar-refractivity contribution in [1.29, 1.82) is 0 Å². The van der Waals surface area contributed by atoms with Crippen molar-refractivity contribution < 1.29 is 23.2 Å². The van der Waals surface area contributed by atoms with Crippen LogP contribution in [0.25, 0.3) is 11.3 Å². The summed E-state index contributed by atoms with van der Waals surface area (Å²) in [4.78, 5) is 24.8. The lowest BCUT2D eigenvalue weighted by Crippen LogP contribution is -2.17. The quantitative estimate of drug-likeness (QED) is 0.492. The fourth-order valence-corrected chi connectivity index (χ4v) is 3.05. The molecule has 2 N–H and O–H groups in total. The second-order valence-electron chi connectivity index (χ2n) is 7.21. The zero-order chi connectivity index (χ0) is 22.5. The van der Waals surface area contributed by atoms with Crippen molar-refractivity contribution in [2.75, 3.05) is 17.2 Å². The zero-order valence-electron chi connectivity index (χ0n) is 17.2. The highest BCUT2D eigenvalue weighted by atomic mass is 35.5. The fourth-order valence-electron chi connectivity index (χ4n) is 2.80. The zero-order valence-corrected chi connectivity index (χ0v) is 17.9. The third-order valence-electron chi connectivity index (χ3n) is 4.20. The molecule has 1 aromatic heterocycles. The van der Waals surface area contributed by atoms with Gasteiger partial charge in [0.2, 0.25) is 0 Å². The molecule has 0 aliphatic carbocycles. The Balaban J connectivity index is 1.80. The number of aromatic nitrogens is 1. The second-order valence-corrected chi connectivity index (χ2v) is 7.62. The van der Waals surface area contributed by atoms with Crippen molar-refractivity contribution in [3.63, 3.8) is 0 Å². The number of anilines is 2. The summed E-state index contributed by atoms with van der Waals surface area (Å²) in [6.45, 7) is 5.69. The molecule has 0 atom stereocenters. The van der Waals surface area contributed by atoms with Crippen LogP contribution in [0.1, 0.15) is 30.0 Å². The molecule has 162 valence electrons. The highest BCUT2D eigenvalue weighted by molar-refractivity contribution is 6.33. The molecule has 0 saturated heterocycles. The number of carbonyl (C=O) groups is 2. The van der Waals surface area contributed by atoms with Crippen molar-refractivity contribution in [2.45, 2.75) is 20.8 Å². The summed E-state index contributed by atoms with van der Waals surface area (Å²) in [5, 5.41) is 9.23. The smallest absolute Gasteiger partial charge is 0.411 e. The van der Waals surface area contributed by atoms with Crippen LogP contribution in [0.5, 0.6) is 0 Å². The van der Waals surface area contributed by atoms with Crippen LogP contribution in [-0.4, -0.2) is 23.8 Å². The molecule has 1 heterocycles. The Morgan fingerprint density at radius 2 is 1.84 bits per heavy atom. The molecule has 31 heavy (non-hydrogen) atoms. The predicted molar refractivity (Wildman–Crippen MR) is 116 cm³/mol. The van der Waals surface area contributed by atoms with Gasteiger partial charge in [0.15, 0.2) is 0 Å². The van der Waals surface area contributed by atoms with Gasteiger partial charge in [-0.3, -0.25) is 10.1 Å². The average molecular weight is 446 g/mol. The van der Waals surface area contributed by atoms with Crippen LogP contribution < -0.4 is 10.6 Å². The van der Waals surface area contributed by atoms with Crippen LogP contribution in [0.3, 0.4) is 0 Å². The minimum absolute atomic E-state index is 0.00430. The standard InChI is InChI=1S/C22H21ClFN3O4/c1-12(2)11-30-22(29)26-15-7-4-6-14(10-15)25-21(28)18-13(3)31-27-20(18)19-16(23)8-5-9-17(19)24/h4-10,12H,11H2,1-3H3,(H,25,28)(H,26,29). The monoisotopic (exact) mass is 445 g/mol. The molecule has 2 aromatic carbocycles. The van der Waals surface area contributed by atoms with Gasteiger partial charge in [0.05, 0.1) is 17.2 Å². The Morgan fingerprint density at radius 3 is 2.52 bits per heavy atom. The Hall–Kier alpha value is -3.39. The summed E-state index contributed by atoms with van der Waals surface area (Å²) in [7, 11) is 0. The maximum atomic E-state index is 14.4. The van der Waals surface area contributed by atoms with Crippen molar-refractivity contribution in [1.82, 2.24) is 5.16 Å². The number of benzene rings is 2. The van der Waals surface area contributed by atoms with E-state index in [1.807, 2.05) is 13.8 Å². The molecular weight excluding hydrogens is 425 g/mol. The van der Waals surface area contributed by atoms with Gasteiger partial charge in [0.25, 0.3) is 5.91 Å². The number of hydrogen-bond acceptors (Lipinski definition) is 5. The normalized spacial score (nSPS) is 10.8.